The van der Waals surface area contributed by atoms with Gasteiger partial charge in [-0.05, 0) is 12.1 Å². The zero-order valence-electron chi connectivity index (χ0n) is 11.3. The molecule has 3 N–H and O–H groups in total. The van der Waals surface area contributed by atoms with E-state index in [9.17, 15) is 4.79 Å². The number of ether oxygens (including phenoxy) is 1. The molecule has 1 aromatic carbocycles. The van der Waals surface area contributed by atoms with E-state index in [0.717, 1.165) is 38.4 Å². The maximum atomic E-state index is 11.9. The van der Waals surface area contributed by atoms with Crippen LogP contribution in [-0.4, -0.2) is 55.2 Å². The normalized spacial score (nSPS) is 15.8. The molecule has 0 spiro atoms. The highest BCUT2D eigenvalue weighted by Gasteiger charge is 2.10. The lowest BCUT2D eigenvalue weighted by atomic mass is 10.1. The Labute approximate surface area is 124 Å². The van der Waals surface area contributed by atoms with E-state index in [1.807, 2.05) is 0 Å². The Morgan fingerprint density at radius 2 is 1.85 bits per heavy atom. The number of carbonyl (C=O) groups excluding carboxylic acids is 1. The third-order valence-corrected chi connectivity index (χ3v) is 3.48. The zero-order chi connectivity index (χ0) is 14.4. The lowest BCUT2D eigenvalue weighted by Crippen LogP contribution is -2.41. The second-order valence-corrected chi connectivity index (χ2v) is 5.09. The summed E-state index contributed by atoms with van der Waals surface area (Å²) in [6.07, 6.45) is 0. The van der Waals surface area contributed by atoms with Crippen molar-refractivity contribution in [3.63, 3.8) is 0 Å². The van der Waals surface area contributed by atoms with Gasteiger partial charge in [-0.25, -0.2) is 0 Å². The lowest BCUT2D eigenvalue weighted by molar-refractivity contribution is 0.0383. The molecule has 1 aliphatic rings. The van der Waals surface area contributed by atoms with E-state index in [1.165, 1.54) is 0 Å². The molecular weight excluding hydrogens is 274 g/mol. The third kappa shape index (κ3) is 4.26. The number of benzene rings is 1. The van der Waals surface area contributed by atoms with Gasteiger partial charge in [-0.3, -0.25) is 9.69 Å². The summed E-state index contributed by atoms with van der Waals surface area (Å²) in [5.41, 5.74) is 6.90. The van der Waals surface area contributed by atoms with Crippen molar-refractivity contribution in [3.8, 4) is 0 Å². The molecule has 1 aromatic rings. The van der Waals surface area contributed by atoms with Crippen LogP contribution in [0.15, 0.2) is 24.3 Å². The average molecular weight is 293 g/mol. The Balaban J connectivity index is 1.77. The van der Waals surface area contributed by atoms with Crippen LogP contribution in [0, 0.1) is 0 Å². The SMILES string of the molecule is NC(=S)c1ccc(C(=O)NCCN2CCOCC2)cc1. The van der Waals surface area contributed by atoms with E-state index in [1.54, 1.807) is 24.3 Å². The highest BCUT2D eigenvalue weighted by Crippen LogP contribution is 2.04. The number of carbonyl (C=O) groups is 1. The molecule has 1 aliphatic heterocycles. The van der Waals surface area contributed by atoms with Crippen molar-refractivity contribution < 1.29 is 9.53 Å². The molecule has 5 nitrogen and oxygen atoms in total. The van der Waals surface area contributed by atoms with Gasteiger partial charge in [0.2, 0.25) is 0 Å². The van der Waals surface area contributed by atoms with Crippen LogP contribution >= 0.6 is 12.2 Å². The largest absolute Gasteiger partial charge is 0.389 e. The second-order valence-electron chi connectivity index (χ2n) is 4.65. The maximum absolute atomic E-state index is 11.9. The van der Waals surface area contributed by atoms with Crippen molar-refractivity contribution in [1.29, 1.82) is 0 Å². The average Bonchev–Trinajstić information content (AvgIpc) is 2.48. The number of nitrogens with zero attached hydrogens (tertiary/aromatic N) is 1. The van der Waals surface area contributed by atoms with Crippen molar-refractivity contribution in [1.82, 2.24) is 10.2 Å². The predicted molar refractivity (Wildman–Crippen MR) is 81.9 cm³/mol. The number of thiocarbonyl (C=S) groups is 1. The molecule has 0 aliphatic carbocycles. The molecule has 0 bridgehead atoms. The van der Waals surface area contributed by atoms with Gasteiger partial charge in [-0.2, -0.15) is 0 Å². The van der Waals surface area contributed by atoms with Crippen LogP contribution < -0.4 is 11.1 Å². The van der Waals surface area contributed by atoms with Gasteiger partial charge in [-0.15, -0.1) is 0 Å². The van der Waals surface area contributed by atoms with E-state index < -0.39 is 0 Å². The fourth-order valence-electron chi connectivity index (χ4n) is 2.04. The van der Waals surface area contributed by atoms with Gasteiger partial charge in [0.15, 0.2) is 0 Å². The van der Waals surface area contributed by atoms with Crippen LogP contribution in [0.25, 0.3) is 0 Å². The Morgan fingerprint density at radius 1 is 1.25 bits per heavy atom. The minimum absolute atomic E-state index is 0.0762. The molecule has 0 unspecified atom stereocenters. The van der Waals surface area contributed by atoms with E-state index in [2.05, 4.69) is 10.2 Å². The maximum Gasteiger partial charge on any atom is 0.251 e. The van der Waals surface area contributed by atoms with Crippen molar-refractivity contribution in [2.24, 2.45) is 5.73 Å². The first-order chi connectivity index (χ1) is 9.66. The summed E-state index contributed by atoms with van der Waals surface area (Å²) in [7, 11) is 0. The minimum atomic E-state index is -0.0762. The van der Waals surface area contributed by atoms with E-state index in [-0.39, 0.29) is 5.91 Å². The Morgan fingerprint density at radius 3 is 2.45 bits per heavy atom. The van der Waals surface area contributed by atoms with E-state index >= 15 is 0 Å². The molecule has 1 amide bonds. The van der Waals surface area contributed by atoms with Crippen molar-refractivity contribution in [3.05, 3.63) is 35.4 Å². The molecule has 0 saturated carbocycles. The van der Waals surface area contributed by atoms with Gasteiger partial charge in [0.1, 0.15) is 4.99 Å². The Hall–Kier alpha value is -1.50. The standard InChI is InChI=1S/C14H19N3O2S/c15-13(20)11-1-3-12(4-2-11)14(18)16-5-6-17-7-9-19-10-8-17/h1-4H,5-10H2,(H2,15,20)(H,16,18). The summed E-state index contributed by atoms with van der Waals surface area (Å²) in [5.74, 6) is -0.0762. The van der Waals surface area contributed by atoms with Crippen LogP contribution in [0.1, 0.15) is 15.9 Å². The Kier molecular flexibility index (Phi) is 5.46. The van der Waals surface area contributed by atoms with Gasteiger partial charge < -0.3 is 15.8 Å². The van der Waals surface area contributed by atoms with E-state index in [4.69, 9.17) is 22.7 Å². The number of morpholine rings is 1. The molecule has 108 valence electrons. The molecule has 1 saturated heterocycles. The number of hydrogen-bond acceptors (Lipinski definition) is 4. The van der Waals surface area contributed by atoms with Gasteiger partial charge in [0, 0.05) is 37.3 Å². The Bertz CT molecular complexity index is 470. The molecular formula is C14H19N3O2S. The molecule has 0 radical (unpaired) electrons. The summed E-state index contributed by atoms with van der Waals surface area (Å²) in [5, 5.41) is 2.91. The number of nitrogens with two attached hydrogens (primary N) is 1. The summed E-state index contributed by atoms with van der Waals surface area (Å²) in [4.78, 5) is 14.6. The summed E-state index contributed by atoms with van der Waals surface area (Å²) in [6, 6.07) is 7.00. The molecule has 6 heteroatoms. The fraction of sp³-hybridized carbons (Fsp3) is 0.429. The smallest absolute Gasteiger partial charge is 0.251 e. The quantitative estimate of drug-likeness (QED) is 0.769. The summed E-state index contributed by atoms with van der Waals surface area (Å²) < 4.78 is 5.28. The van der Waals surface area contributed by atoms with Crippen LogP contribution in [-0.2, 0) is 4.74 Å². The monoisotopic (exact) mass is 293 g/mol. The van der Waals surface area contributed by atoms with Crippen LogP contribution in [0.4, 0.5) is 0 Å². The highest BCUT2D eigenvalue weighted by atomic mass is 32.1. The minimum Gasteiger partial charge on any atom is -0.389 e. The van der Waals surface area contributed by atoms with Gasteiger partial charge in [0.25, 0.3) is 5.91 Å². The summed E-state index contributed by atoms with van der Waals surface area (Å²) >= 11 is 4.87. The third-order valence-electron chi connectivity index (χ3n) is 3.25. The van der Waals surface area contributed by atoms with Gasteiger partial charge >= 0.3 is 0 Å². The topological polar surface area (TPSA) is 67.6 Å². The number of rotatable bonds is 5. The second kappa shape index (κ2) is 7.33. The van der Waals surface area contributed by atoms with Crippen LogP contribution in [0.2, 0.25) is 0 Å². The highest BCUT2D eigenvalue weighted by molar-refractivity contribution is 7.80. The lowest BCUT2D eigenvalue weighted by Gasteiger charge is -2.26. The van der Waals surface area contributed by atoms with Crippen LogP contribution in [0.5, 0.6) is 0 Å². The fourth-order valence-corrected chi connectivity index (χ4v) is 2.18. The first-order valence-electron chi connectivity index (χ1n) is 6.65. The first kappa shape index (κ1) is 14.9. The van der Waals surface area contributed by atoms with Crippen molar-refractivity contribution in [2.45, 2.75) is 0 Å². The van der Waals surface area contributed by atoms with E-state index in [0.29, 0.717) is 17.1 Å². The van der Waals surface area contributed by atoms with Crippen molar-refractivity contribution >= 4 is 23.1 Å². The number of amides is 1. The molecule has 2 rings (SSSR count). The van der Waals surface area contributed by atoms with Crippen LogP contribution in [0.3, 0.4) is 0 Å². The molecule has 1 fully saturated rings. The molecule has 0 atom stereocenters. The number of hydrogen-bond donors (Lipinski definition) is 2. The van der Waals surface area contributed by atoms with Gasteiger partial charge in [0.05, 0.1) is 13.2 Å². The number of nitrogens with one attached hydrogen (secondary N) is 1. The van der Waals surface area contributed by atoms with Gasteiger partial charge in [-0.1, -0.05) is 24.4 Å². The first-order valence-corrected chi connectivity index (χ1v) is 7.06. The zero-order valence-corrected chi connectivity index (χ0v) is 12.1. The summed E-state index contributed by atoms with van der Waals surface area (Å²) in [6.45, 7) is 4.88. The van der Waals surface area contributed by atoms with Crippen molar-refractivity contribution in [2.75, 3.05) is 39.4 Å². The molecule has 1 heterocycles. The molecule has 0 aromatic heterocycles. The predicted octanol–water partition coefficient (Wildman–Crippen LogP) is 0.383. The molecule has 20 heavy (non-hydrogen) atoms.